The van der Waals surface area contributed by atoms with Gasteiger partial charge in [-0.15, -0.1) is 5.10 Å². The zero-order valence-electron chi connectivity index (χ0n) is 13.1. The van der Waals surface area contributed by atoms with Gasteiger partial charge in [0.05, 0.1) is 0 Å². The summed E-state index contributed by atoms with van der Waals surface area (Å²) >= 11 is 0. The predicted octanol–water partition coefficient (Wildman–Crippen LogP) is 2.73. The maximum atomic E-state index is 13.2. The molecule has 2 aromatic carbocycles. The van der Waals surface area contributed by atoms with Crippen molar-refractivity contribution in [3.8, 4) is 11.5 Å². The van der Waals surface area contributed by atoms with Crippen LogP contribution in [-0.2, 0) is 11.3 Å². The monoisotopic (exact) mass is 345 g/mol. The van der Waals surface area contributed by atoms with Gasteiger partial charge in [-0.05, 0) is 48.9 Å². The summed E-state index contributed by atoms with van der Waals surface area (Å²) < 4.78 is 32.0. The number of nitrogens with zero attached hydrogens (tertiary/aromatic N) is 2. The summed E-state index contributed by atoms with van der Waals surface area (Å²) in [5, 5.41) is 6.42. The van der Waals surface area contributed by atoms with E-state index < -0.39 is 29.8 Å². The minimum Gasteiger partial charge on any atom is -0.388 e. The van der Waals surface area contributed by atoms with Gasteiger partial charge in [0.25, 0.3) is 0 Å². The molecule has 1 N–H and O–H groups in total. The molecule has 0 aliphatic rings. The Balaban J connectivity index is 1.77. The fourth-order valence-corrected chi connectivity index (χ4v) is 2.17. The lowest BCUT2D eigenvalue weighted by atomic mass is 10.2. The van der Waals surface area contributed by atoms with E-state index in [0.717, 1.165) is 4.68 Å². The lowest BCUT2D eigenvalue weighted by Gasteiger charge is -2.07. The van der Waals surface area contributed by atoms with E-state index >= 15 is 0 Å². The topological polar surface area (TPSA) is 77.1 Å². The van der Waals surface area contributed by atoms with Crippen LogP contribution in [0.4, 0.5) is 14.5 Å². The van der Waals surface area contributed by atoms with Gasteiger partial charge in [-0.2, -0.15) is 4.68 Å². The van der Waals surface area contributed by atoms with E-state index in [-0.39, 0.29) is 5.89 Å². The zero-order valence-corrected chi connectivity index (χ0v) is 13.1. The van der Waals surface area contributed by atoms with E-state index in [1.54, 1.807) is 6.92 Å². The summed E-state index contributed by atoms with van der Waals surface area (Å²) in [6.45, 7) is 1.31. The number of amides is 1. The maximum Gasteiger partial charge on any atom is 0.437 e. The van der Waals surface area contributed by atoms with Crippen molar-refractivity contribution in [1.82, 2.24) is 9.78 Å². The Labute approximate surface area is 140 Å². The van der Waals surface area contributed by atoms with E-state index in [4.69, 9.17) is 4.42 Å². The van der Waals surface area contributed by atoms with Crippen molar-refractivity contribution >= 4 is 11.6 Å². The molecule has 1 amide bonds. The van der Waals surface area contributed by atoms with Gasteiger partial charge in [-0.3, -0.25) is 4.79 Å². The molecule has 25 heavy (non-hydrogen) atoms. The van der Waals surface area contributed by atoms with Gasteiger partial charge >= 0.3 is 5.76 Å². The quantitative estimate of drug-likeness (QED) is 0.789. The minimum atomic E-state index is -0.828. The first-order chi connectivity index (χ1) is 11.9. The number of halogens is 2. The predicted molar refractivity (Wildman–Crippen MR) is 85.9 cm³/mol. The number of hydrogen-bond acceptors (Lipinski definition) is 4. The Morgan fingerprint density at radius 3 is 2.56 bits per heavy atom. The van der Waals surface area contributed by atoms with E-state index in [1.807, 2.05) is 0 Å². The van der Waals surface area contributed by atoms with Gasteiger partial charge in [-0.25, -0.2) is 13.6 Å². The number of aryl methyl sites for hydroxylation is 1. The molecule has 0 aliphatic carbocycles. The molecule has 0 atom stereocenters. The molecule has 0 fully saturated rings. The molecule has 0 bridgehead atoms. The molecule has 3 aromatic rings. The number of nitrogens with one attached hydrogen (secondary N) is 1. The highest BCUT2D eigenvalue weighted by molar-refractivity contribution is 5.91. The van der Waals surface area contributed by atoms with Crippen LogP contribution in [0, 0.1) is 18.6 Å². The molecule has 0 aliphatic heterocycles. The second kappa shape index (κ2) is 6.68. The average molecular weight is 345 g/mol. The van der Waals surface area contributed by atoms with Crippen LogP contribution in [0.15, 0.2) is 51.7 Å². The van der Waals surface area contributed by atoms with Crippen molar-refractivity contribution in [1.29, 1.82) is 0 Å². The Hall–Kier alpha value is -3.29. The van der Waals surface area contributed by atoms with Crippen LogP contribution in [0.25, 0.3) is 11.5 Å². The van der Waals surface area contributed by atoms with E-state index in [0.29, 0.717) is 16.8 Å². The Kier molecular flexibility index (Phi) is 4.42. The second-order valence-electron chi connectivity index (χ2n) is 5.35. The Morgan fingerprint density at radius 2 is 1.84 bits per heavy atom. The highest BCUT2D eigenvalue weighted by Gasteiger charge is 2.14. The van der Waals surface area contributed by atoms with Gasteiger partial charge in [-0.1, -0.05) is 6.07 Å². The minimum absolute atomic E-state index is 0.0280. The fraction of sp³-hybridized carbons (Fsp3) is 0.118. The number of carbonyl (C=O) groups is 1. The second-order valence-corrected chi connectivity index (χ2v) is 5.35. The molecule has 0 saturated carbocycles. The first-order valence-corrected chi connectivity index (χ1v) is 7.32. The third kappa shape index (κ3) is 3.79. The molecular formula is C17H13F2N3O3. The summed E-state index contributed by atoms with van der Waals surface area (Å²) in [4.78, 5) is 23.9. The Bertz CT molecular complexity index is 978. The molecule has 6 nitrogen and oxygen atoms in total. The highest BCUT2D eigenvalue weighted by atomic mass is 19.1. The molecule has 0 saturated heterocycles. The molecule has 0 radical (unpaired) electrons. The fourth-order valence-electron chi connectivity index (χ4n) is 2.17. The lowest BCUT2D eigenvalue weighted by molar-refractivity contribution is -0.117. The van der Waals surface area contributed by atoms with Crippen LogP contribution in [-0.4, -0.2) is 15.7 Å². The van der Waals surface area contributed by atoms with Crippen molar-refractivity contribution < 1.29 is 18.0 Å². The molecule has 0 spiro atoms. The van der Waals surface area contributed by atoms with Crippen LogP contribution < -0.4 is 11.1 Å². The zero-order chi connectivity index (χ0) is 18.0. The molecule has 128 valence electrons. The van der Waals surface area contributed by atoms with Crippen molar-refractivity contribution in [2.24, 2.45) is 0 Å². The number of anilines is 1. The normalized spacial score (nSPS) is 10.7. The third-order valence-electron chi connectivity index (χ3n) is 3.46. The van der Waals surface area contributed by atoms with E-state index in [2.05, 4.69) is 10.4 Å². The summed E-state index contributed by atoms with van der Waals surface area (Å²) in [7, 11) is 0. The number of carbonyl (C=O) groups excluding carboxylic acids is 1. The molecule has 0 unspecified atom stereocenters. The summed E-state index contributed by atoms with van der Waals surface area (Å²) in [6, 6.07) is 9.20. The van der Waals surface area contributed by atoms with Crippen LogP contribution >= 0.6 is 0 Å². The summed E-state index contributed by atoms with van der Waals surface area (Å²) in [6.07, 6.45) is 0. The average Bonchev–Trinajstić information content (AvgIpc) is 2.92. The first kappa shape index (κ1) is 16.6. The van der Waals surface area contributed by atoms with Gasteiger partial charge in [0, 0.05) is 11.3 Å². The maximum absolute atomic E-state index is 13.2. The van der Waals surface area contributed by atoms with Crippen molar-refractivity contribution in [2.45, 2.75) is 13.5 Å². The largest absolute Gasteiger partial charge is 0.437 e. The van der Waals surface area contributed by atoms with Gasteiger partial charge in [0.15, 0.2) is 0 Å². The smallest absolute Gasteiger partial charge is 0.388 e. The summed E-state index contributed by atoms with van der Waals surface area (Å²) in [5.74, 6) is -2.34. The van der Waals surface area contributed by atoms with Crippen molar-refractivity contribution in [3.05, 3.63) is 70.2 Å². The van der Waals surface area contributed by atoms with Gasteiger partial charge in [0.1, 0.15) is 18.2 Å². The third-order valence-corrected chi connectivity index (χ3v) is 3.46. The standard InChI is InChI=1S/C17H13F2N3O3/c1-10-2-5-13(19)8-14(10)20-15(23)9-22-17(24)25-16(21-22)11-3-6-12(18)7-4-11/h2-8H,9H2,1H3,(H,20,23). The van der Waals surface area contributed by atoms with Crippen LogP contribution in [0.2, 0.25) is 0 Å². The van der Waals surface area contributed by atoms with E-state index in [9.17, 15) is 18.4 Å². The molecule has 8 heteroatoms. The van der Waals surface area contributed by atoms with Crippen molar-refractivity contribution in [3.63, 3.8) is 0 Å². The molecule has 1 heterocycles. The van der Waals surface area contributed by atoms with Crippen molar-refractivity contribution in [2.75, 3.05) is 5.32 Å². The van der Waals surface area contributed by atoms with Crippen LogP contribution in [0.5, 0.6) is 0 Å². The Morgan fingerprint density at radius 1 is 1.16 bits per heavy atom. The van der Waals surface area contributed by atoms with Crippen LogP contribution in [0.3, 0.4) is 0 Å². The summed E-state index contributed by atoms with van der Waals surface area (Å²) in [5.41, 5.74) is 1.38. The molecule has 3 rings (SSSR count). The first-order valence-electron chi connectivity index (χ1n) is 7.32. The van der Waals surface area contributed by atoms with E-state index in [1.165, 1.54) is 42.5 Å². The lowest BCUT2D eigenvalue weighted by Crippen LogP contribution is -2.26. The highest BCUT2D eigenvalue weighted by Crippen LogP contribution is 2.17. The van der Waals surface area contributed by atoms with Gasteiger partial charge in [0.2, 0.25) is 11.8 Å². The molecule has 1 aromatic heterocycles. The SMILES string of the molecule is Cc1ccc(F)cc1NC(=O)Cn1nc(-c2ccc(F)cc2)oc1=O. The number of hydrogen-bond donors (Lipinski definition) is 1. The number of aromatic nitrogens is 2. The number of rotatable bonds is 4. The number of benzene rings is 2. The molecular weight excluding hydrogens is 332 g/mol. The van der Waals surface area contributed by atoms with Gasteiger partial charge < -0.3 is 9.73 Å². The van der Waals surface area contributed by atoms with Crippen LogP contribution in [0.1, 0.15) is 5.56 Å².